The fraction of sp³-hybridized carbons (Fsp3) is 0.273. The van der Waals surface area contributed by atoms with Gasteiger partial charge in [-0.3, -0.25) is 9.59 Å². The minimum Gasteiger partial charge on any atom is -0.368 e. The monoisotopic (exact) mass is 421 g/mol. The number of nitrogens with one attached hydrogen (secondary N) is 1. The molecule has 2 heterocycles. The summed E-state index contributed by atoms with van der Waals surface area (Å²) in [5.41, 5.74) is 7.21. The number of likely N-dealkylation sites (tertiary alicyclic amines) is 1. The van der Waals surface area contributed by atoms with Crippen molar-refractivity contribution in [2.75, 3.05) is 17.6 Å². The summed E-state index contributed by atoms with van der Waals surface area (Å²) in [7, 11) is 0. The molecule has 1 aliphatic heterocycles. The molecule has 4 rings (SSSR count). The number of rotatable bonds is 6. The third-order valence-electron chi connectivity index (χ3n) is 5.10. The van der Waals surface area contributed by atoms with Crippen molar-refractivity contribution in [1.29, 1.82) is 0 Å². The highest BCUT2D eigenvalue weighted by molar-refractivity contribution is 7.99. The fourth-order valence-electron chi connectivity index (χ4n) is 3.61. The smallest absolute Gasteiger partial charge is 0.240 e. The number of anilines is 2. The van der Waals surface area contributed by atoms with Crippen LogP contribution in [0.4, 0.5) is 11.5 Å². The Labute approximate surface area is 179 Å². The van der Waals surface area contributed by atoms with Crippen LogP contribution in [0.2, 0.25) is 0 Å². The number of carbonyl (C=O) groups excluding carboxylic acids is 2. The number of piperidine rings is 1. The predicted molar refractivity (Wildman–Crippen MR) is 119 cm³/mol. The van der Waals surface area contributed by atoms with Crippen LogP contribution in [-0.2, 0) is 9.59 Å². The van der Waals surface area contributed by atoms with Gasteiger partial charge in [-0.2, -0.15) is 0 Å². The van der Waals surface area contributed by atoms with E-state index in [-0.39, 0.29) is 11.7 Å². The van der Waals surface area contributed by atoms with Gasteiger partial charge in [0.25, 0.3) is 0 Å². The van der Waals surface area contributed by atoms with Gasteiger partial charge in [-0.1, -0.05) is 42.1 Å². The third-order valence-corrected chi connectivity index (χ3v) is 5.93. The van der Waals surface area contributed by atoms with E-state index < -0.39 is 11.9 Å². The number of fused-ring (bicyclic) bond motifs is 1. The summed E-state index contributed by atoms with van der Waals surface area (Å²) < 4.78 is 0. The molecule has 0 bridgehead atoms. The molecule has 0 unspecified atom stereocenters. The van der Waals surface area contributed by atoms with Crippen molar-refractivity contribution in [3.63, 3.8) is 0 Å². The average molecular weight is 422 g/mol. The van der Waals surface area contributed by atoms with E-state index in [9.17, 15) is 9.59 Å². The molecular weight excluding hydrogens is 398 g/mol. The van der Waals surface area contributed by atoms with E-state index in [2.05, 4.69) is 15.3 Å². The van der Waals surface area contributed by atoms with Crippen LogP contribution in [0.5, 0.6) is 0 Å². The molecule has 2 aromatic carbocycles. The highest BCUT2D eigenvalue weighted by Crippen LogP contribution is 2.27. The predicted octanol–water partition coefficient (Wildman–Crippen LogP) is 3.33. The molecule has 2 amide bonds. The minimum atomic E-state index is -0.514. The van der Waals surface area contributed by atoms with Crippen LogP contribution in [0.1, 0.15) is 19.3 Å². The van der Waals surface area contributed by atoms with Crippen LogP contribution in [0, 0.1) is 0 Å². The van der Waals surface area contributed by atoms with Crippen LogP contribution in [0.25, 0.3) is 10.9 Å². The lowest BCUT2D eigenvalue weighted by molar-refractivity contribution is -0.138. The Balaban J connectivity index is 1.54. The molecule has 1 aliphatic rings. The Hall–Kier alpha value is -3.13. The lowest BCUT2D eigenvalue weighted by Gasteiger charge is -2.33. The number of aromatic nitrogens is 2. The first-order valence-electron chi connectivity index (χ1n) is 9.92. The summed E-state index contributed by atoms with van der Waals surface area (Å²) in [6.07, 6.45) is 2.42. The molecule has 1 saturated heterocycles. The number of amides is 2. The van der Waals surface area contributed by atoms with Crippen molar-refractivity contribution in [3.8, 4) is 0 Å². The topological polar surface area (TPSA) is 101 Å². The molecule has 0 spiro atoms. The Kier molecular flexibility index (Phi) is 6.13. The maximum Gasteiger partial charge on any atom is 0.240 e. The summed E-state index contributed by atoms with van der Waals surface area (Å²) in [5, 5.41) is 4.75. The van der Waals surface area contributed by atoms with Gasteiger partial charge in [0.1, 0.15) is 11.9 Å². The molecule has 30 heavy (non-hydrogen) atoms. The molecule has 1 aromatic heterocycles. The summed E-state index contributed by atoms with van der Waals surface area (Å²) in [4.78, 5) is 35.3. The molecule has 3 N–H and O–H groups in total. The van der Waals surface area contributed by atoms with Crippen LogP contribution in [0.3, 0.4) is 0 Å². The van der Waals surface area contributed by atoms with E-state index in [1.54, 1.807) is 4.90 Å². The van der Waals surface area contributed by atoms with Crippen molar-refractivity contribution in [1.82, 2.24) is 14.9 Å². The van der Waals surface area contributed by atoms with Gasteiger partial charge in [-0.25, -0.2) is 9.97 Å². The summed E-state index contributed by atoms with van der Waals surface area (Å²) in [6, 6.07) is 17.0. The van der Waals surface area contributed by atoms with E-state index in [1.165, 1.54) is 11.8 Å². The van der Waals surface area contributed by atoms with Crippen molar-refractivity contribution in [2.45, 2.75) is 30.5 Å². The minimum absolute atomic E-state index is 0.113. The molecule has 8 heteroatoms. The maximum absolute atomic E-state index is 12.8. The molecule has 7 nitrogen and oxygen atoms in total. The van der Waals surface area contributed by atoms with Crippen molar-refractivity contribution in [3.05, 3.63) is 54.6 Å². The SMILES string of the molecule is NC(=O)[C@H]1CCCCN1C(=O)CSc1nc(Nc2ccccc2)c2ccccc2n1. The normalized spacial score (nSPS) is 16.4. The van der Waals surface area contributed by atoms with Crippen LogP contribution < -0.4 is 11.1 Å². The lowest BCUT2D eigenvalue weighted by atomic mass is 10.0. The first-order valence-corrected chi connectivity index (χ1v) is 10.9. The lowest BCUT2D eigenvalue weighted by Crippen LogP contribution is -2.51. The zero-order valence-electron chi connectivity index (χ0n) is 16.5. The zero-order chi connectivity index (χ0) is 20.9. The zero-order valence-corrected chi connectivity index (χ0v) is 17.3. The third kappa shape index (κ3) is 4.54. The molecule has 0 aliphatic carbocycles. The van der Waals surface area contributed by atoms with E-state index in [0.717, 1.165) is 29.4 Å². The molecule has 154 valence electrons. The van der Waals surface area contributed by atoms with E-state index in [4.69, 9.17) is 5.73 Å². The van der Waals surface area contributed by atoms with Crippen LogP contribution in [0.15, 0.2) is 59.8 Å². The number of hydrogen-bond donors (Lipinski definition) is 2. The molecule has 0 saturated carbocycles. The number of nitrogens with two attached hydrogens (primary N) is 1. The van der Waals surface area contributed by atoms with Gasteiger partial charge in [0.15, 0.2) is 5.16 Å². The first kappa shape index (κ1) is 20.2. The molecule has 0 radical (unpaired) electrons. The van der Waals surface area contributed by atoms with E-state index in [0.29, 0.717) is 23.9 Å². The number of para-hydroxylation sites is 2. The van der Waals surface area contributed by atoms with Crippen LogP contribution in [-0.4, -0.2) is 45.0 Å². The van der Waals surface area contributed by atoms with Crippen LogP contribution >= 0.6 is 11.8 Å². The van der Waals surface area contributed by atoms with Gasteiger partial charge in [0.2, 0.25) is 11.8 Å². The van der Waals surface area contributed by atoms with Gasteiger partial charge in [-0.15, -0.1) is 0 Å². The second kappa shape index (κ2) is 9.13. The van der Waals surface area contributed by atoms with Crippen molar-refractivity contribution in [2.24, 2.45) is 5.73 Å². The average Bonchev–Trinajstić information content (AvgIpc) is 2.78. The number of primary amides is 1. The Morgan fingerprint density at radius 3 is 2.63 bits per heavy atom. The molecular formula is C22H23N5O2S. The summed E-state index contributed by atoms with van der Waals surface area (Å²) in [6.45, 7) is 0.562. The maximum atomic E-state index is 12.8. The molecule has 1 atom stereocenters. The summed E-state index contributed by atoms with van der Waals surface area (Å²) >= 11 is 1.27. The van der Waals surface area contributed by atoms with Gasteiger partial charge in [0.05, 0.1) is 11.3 Å². The van der Waals surface area contributed by atoms with Gasteiger partial charge in [0, 0.05) is 17.6 Å². The Bertz CT molecular complexity index is 1060. The Morgan fingerprint density at radius 2 is 1.83 bits per heavy atom. The van der Waals surface area contributed by atoms with E-state index in [1.807, 2.05) is 54.6 Å². The van der Waals surface area contributed by atoms with Crippen molar-refractivity contribution < 1.29 is 9.59 Å². The second-order valence-electron chi connectivity index (χ2n) is 7.15. The Morgan fingerprint density at radius 1 is 1.07 bits per heavy atom. The highest BCUT2D eigenvalue weighted by Gasteiger charge is 2.30. The van der Waals surface area contributed by atoms with Crippen molar-refractivity contribution >= 4 is 46.0 Å². The van der Waals surface area contributed by atoms with Gasteiger partial charge in [-0.05, 0) is 43.5 Å². The standard InChI is InChI=1S/C22H23N5O2S/c23-20(29)18-12-6-7-13-27(18)19(28)14-30-22-25-17-11-5-4-10-16(17)21(26-22)24-15-8-2-1-3-9-15/h1-5,8-11,18H,6-7,12-14H2,(H2,23,29)(H,24,25,26)/t18-/m1/s1. The quantitative estimate of drug-likeness (QED) is 0.468. The summed E-state index contributed by atoms with van der Waals surface area (Å²) in [5.74, 6) is 0.296. The molecule has 3 aromatic rings. The number of hydrogen-bond acceptors (Lipinski definition) is 6. The van der Waals surface area contributed by atoms with E-state index >= 15 is 0 Å². The largest absolute Gasteiger partial charge is 0.368 e. The number of benzene rings is 2. The fourth-order valence-corrected chi connectivity index (χ4v) is 4.35. The highest BCUT2D eigenvalue weighted by atomic mass is 32.2. The van der Waals surface area contributed by atoms with Gasteiger partial charge >= 0.3 is 0 Å². The number of nitrogens with zero attached hydrogens (tertiary/aromatic N) is 3. The number of thioether (sulfide) groups is 1. The molecule has 1 fully saturated rings. The number of carbonyl (C=O) groups is 2. The second-order valence-corrected chi connectivity index (χ2v) is 8.10. The van der Waals surface area contributed by atoms with Gasteiger partial charge < -0.3 is 16.0 Å². The first-order chi connectivity index (χ1) is 14.6.